The van der Waals surface area contributed by atoms with E-state index in [1.54, 1.807) is 9.80 Å². The summed E-state index contributed by atoms with van der Waals surface area (Å²) in [6, 6.07) is 11.8. The Kier molecular flexibility index (Phi) is 6.80. The molecule has 1 aliphatic rings. The lowest BCUT2D eigenvalue weighted by Crippen LogP contribution is -2.38. The van der Waals surface area contributed by atoms with Crippen LogP contribution in [0.25, 0.3) is 11.3 Å². The average molecular weight is 414 g/mol. The highest BCUT2D eigenvalue weighted by Gasteiger charge is 2.34. The lowest BCUT2D eigenvalue weighted by molar-refractivity contribution is -0.133. The van der Waals surface area contributed by atoms with E-state index < -0.39 is 5.60 Å². The number of rotatable bonds is 6. The van der Waals surface area contributed by atoms with Gasteiger partial charge in [-0.05, 0) is 33.6 Å². The van der Waals surface area contributed by atoms with Crippen LogP contribution < -0.4 is 0 Å². The van der Waals surface area contributed by atoms with E-state index in [4.69, 9.17) is 9.26 Å². The monoisotopic (exact) mass is 413 g/mol. The van der Waals surface area contributed by atoms with Crippen LogP contribution in [0.1, 0.15) is 39.4 Å². The minimum atomic E-state index is -0.531. The van der Waals surface area contributed by atoms with Crippen molar-refractivity contribution in [1.29, 1.82) is 0 Å². The zero-order valence-corrected chi connectivity index (χ0v) is 18.3. The van der Waals surface area contributed by atoms with E-state index in [9.17, 15) is 9.59 Å². The number of carbonyl (C=O) groups excluding carboxylic acids is 2. The van der Waals surface area contributed by atoms with Crippen molar-refractivity contribution in [3.8, 4) is 11.3 Å². The maximum atomic E-state index is 12.7. The quantitative estimate of drug-likeness (QED) is 0.716. The molecule has 0 spiro atoms. The van der Waals surface area contributed by atoms with Crippen molar-refractivity contribution in [2.75, 3.05) is 26.7 Å². The summed E-state index contributed by atoms with van der Waals surface area (Å²) in [5, 5.41) is 4.13. The molecule has 0 saturated carbocycles. The molecule has 1 saturated heterocycles. The summed E-state index contributed by atoms with van der Waals surface area (Å²) >= 11 is 0. The molecule has 7 heteroatoms. The lowest BCUT2D eigenvalue weighted by Gasteiger charge is -2.25. The second-order valence-corrected chi connectivity index (χ2v) is 8.82. The van der Waals surface area contributed by atoms with Gasteiger partial charge in [-0.15, -0.1) is 0 Å². The predicted octanol–water partition coefficient (Wildman–Crippen LogP) is 3.99. The Labute approximate surface area is 178 Å². The first-order chi connectivity index (χ1) is 14.2. The first-order valence-corrected chi connectivity index (χ1v) is 10.5. The lowest BCUT2D eigenvalue weighted by atomic mass is 10.1. The summed E-state index contributed by atoms with van der Waals surface area (Å²) in [6.45, 7) is 7.13. The van der Waals surface area contributed by atoms with Crippen molar-refractivity contribution in [3.05, 3.63) is 42.2 Å². The largest absolute Gasteiger partial charge is 0.444 e. The Bertz CT molecular complexity index is 857. The number of likely N-dealkylation sites (tertiary alicyclic amines) is 1. The van der Waals surface area contributed by atoms with Crippen LogP contribution in [0.15, 0.2) is 40.9 Å². The molecular formula is C23H31N3O4. The summed E-state index contributed by atoms with van der Waals surface area (Å²) < 4.78 is 10.8. The standard InChI is InChI=1S/C23H31N3O4/c1-23(2,3)29-22(28)26-14-12-18(16-26)21(27)25(4)13-8-11-19-15-20(24-30-19)17-9-6-5-7-10-17/h5-7,9-10,15,18H,8,11-14,16H2,1-4H3. The third kappa shape index (κ3) is 5.84. The molecule has 7 nitrogen and oxygen atoms in total. The van der Waals surface area contributed by atoms with Crippen molar-refractivity contribution in [1.82, 2.24) is 15.0 Å². The second-order valence-electron chi connectivity index (χ2n) is 8.82. The SMILES string of the molecule is CN(CCCc1cc(-c2ccccc2)no1)C(=O)C1CCN(C(=O)OC(C)(C)C)C1. The molecule has 2 aromatic rings. The molecule has 1 aromatic carbocycles. The molecule has 2 amide bonds. The molecule has 0 radical (unpaired) electrons. The minimum absolute atomic E-state index is 0.0728. The van der Waals surface area contributed by atoms with E-state index in [0.29, 0.717) is 32.5 Å². The summed E-state index contributed by atoms with van der Waals surface area (Å²) in [5.41, 5.74) is 1.32. The summed E-state index contributed by atoms with van der Waals surface area (Å²) in [6.07, 6.45) is 1.82. The van der Waals surface area contributed by atoms with Crippen molar-refractivity contribution in [2.45, 2.75) is 45.6 Å². The number of nitrogens with zero attached hydrogens (tertiary/aromatic N) is 3. The van der Waals surface area contributed by atoms with Crippen LogP contribution in [0.4, 0.5) is 4.79 Å². The number of aromatic nitrogens is 1. The van der Waals surface area contributed by atoms with Gasteiger partial charge in [-0.1, -0.05) is 35.5 Å². The molecule has 0 bridgehead atoms. The van der Waals surface area contributed by atoms with Crippen LogP contribution in [-0.4, -0.2) is 59.2 Å². The van der Waals surface area contributed by atoms with E-state index in [0.717, 1.165) is 23.4 Å². The zero-order valence-electron chi connectivity index (χ0n) is 18.3. The van der Waals surface area contributed by atoms with Gasteiger partial charge in [0.05, 0.1) is 5.92 Å². The molecule has 3 rings (SSSR count). The molecule has 2 heterocycles. The van der Waals surface area contributed by atoms with Gasteiger partial charge in [-0.25, -0.2) is 4.79 Å². The van der Waals surface area contributed by atoms with Crippen LogP contribution in [0.2, 0.25) is 0 Å². The molecule has 0 N–H and O–H groups in total. The highest BCUT2D eigenvalue weighted by molar-refractivity contribution is 5.80. The second kappa shape index (κ2) is 9.32. The fourth-order valence-corrected chi connectivity index (χ4v) is 3.54. The van der Waals surface area contributed by atoms with Crippen LogP contribution >= 0.6 is 0 Å². The Hall–Kier alpha value is -2.83. The van der Waals surface area contributed by atoms with Gasteiger partial charge in [-0.2, -0.15) is 0 Å². The first kappa shape index (κ1) is 21.9. The highest BCUT2D eigenvalue weighted by Crippen LogP contribution is 2.22. The van der Waals surface area contributed by atoms with Crippen LogP contribution in [-0.2, 0) is 16.0 Å². The Morgan fingerprint density at radius 3 is 2.70 bits per heavy atom. The number of carbonyl (C=O) groups is 2. The smallest absolute Gasteiger partial charge is 0.410 e. The van der Waals surface area contributed by atoms with Gasteiger partial charge < -0.3 is 19.1 Å². The highest BCUT2D eigenvalue weighted by atomic mass is 16.6. The molecule has 0 aliphatic carbocycles. The van der Waals surface area contributed by atoms with Crippen LogP contribution in [0, 0.1) is 5.92 Å². The van der Waals surface area contributed by atoms with Gasteiger partial charge in [0.1, 0.15) is 17.1 Å². The molecule has 1 atom stereocenters. The number of hydrogen-bond acceptors (Lipinski definition) is 5. The van der Waals surface area contributed by atoms with Crippen molar-refractivity contribution in [3.63, 3.8) is 0 Å². The number of ether oxygens (including phenoxy) is 1. The molecule has 30 heavy (non-hydrogen) atoms. The fraction of sp³-hybridized carbons (Fsp3) is 0.522. The van der Waals surface area contributed by atoms with E-state index in [1.807, 2.05) is 64.2 Å². The number of aryl methyl sites for hydroxylation is 1. The van der Waals surface area contributed by atoms with Crippen molar-refractivity contribution >= 4 is 12.0 Å². The predicted molar refractivity (Wildman–Crippen MR) is 114 cm³/mol. The number of benzene rings is 1. The minimum Gasteiger partial charge on any atom is -0.444 e. The fourth-order valence-electron chi connectivity index (χ4n) is 3.54. The van der Waals surface area contributed by atoms with Gasteiger partial charge in [0.15, 0.2) is 0 Å². The zero-order chi connectivity index (χ0) is 21.7. The average Bonchev–Trinajstić information content (AvgIpc) is 3.37. The van der Waals surface area contributed by atoms with Crippen LogP contribution in [0.3, 0.4) is 0 Å². The van der Waals surface area contributed by atoms with Gasteiger partial charge in [0, 0.05) is 44.7 Å². The molecular weight excluding hydrogens is 382 g/mol. The molecule has 1 fully saturated rings. The molecule has 1 aromatic heterocycles. The van der Waals surface area contributed by atoms with E-state index in [2.05, 4.69) is 5.16 Å². The maximum Gasteiger partial charge on any atom is 0.410 e. The number of hydrogen-bond donors (Lipinski definition) is 0. The number of amides is 2. The van der Waals surface area contributed by atoms with E-state index in [-0.39, 0.29) is 17.9 Å². The van der Waals surface area contributed by atoms with Crippen molar-refractivity contribution < 1.29 is 18.8 Å². The third-order valence-electron chi connectivity index (χ3n) is 5.11. The molecule has 1 aliphatic heterocycles. The van der Waals surface area contributed by atoms with E-state index >= 15 is 0 Å². The summed E-state index contributed by atoms with van der Waals surface area (Å²) in [7, 11) is 1.81. The third-order valence-corrected chi connectivity index (χ3v) is 5.11. The first-order valence-electron chi connectivity index (χ1n) is 10.5. The van der Waals surface area contributed by atoms with Gasteiger partial charge in [0.25, 0.3) is 0 Å². The Balaban J connectivity index is 1.43. The van der Waals surface area contributed by atoms with Gasteiger partial charge >= 0.3 is 6.09 Å². The molecule has 1 unspecified atom stereocenters. The Morgan fingerprint density at radius 1 is 1.27 bits per heavy atom. The van der Waals surface area contributed by atoms with Crippen molar-refractivity contribution in [2.24, 2.45) is 5.92 Å². The van der Waals surface area contributed by atoms with Gasteiger partial charge in [0.2, 0.25) is 5.91 Å². The molecule has 162 valence electrons. The van der Waals surface area contributed by atoms with Gasteiger partial charge in [-0.3, -0.25) is 4.79 Å². The van der Waals surface area contributed by atoms with E-state index in [1.165, 1.54) is 0 Å². The topological polar surface area (TPSA) is 75.9 Å². The Morgan fingerprint density at radius 2 is 2.00 bits per heavy atom. The summed E-state index contributed by atoms with van der Waals surface area (Å²) in [4.78, 5) is 28.3. The normalized spacial score (nSPS) is 16.5. The van der Waals surface area contributed by atoms with Crippen LogP contribution in [0.5, 0.6) is 0 Å². The maximum absolute atomic E-state index is 12.7. The summed E-state index contributed by atoms with van der Waals surface area (Å²) in [5.74, 6) is 0.716.